The van der Waals surface area contributed by atoms with Crippen LogP contribution < -0.4 is 0 Å². The number of phenols is 1. The number of para-hydroxylation sites is 1. The number of aromatic hydroxyl groups is 1. The van der Waals surface area contributed by atoms with E-state index in [9.17, 15) is 14.7 Å². The molecule has 0 spiro atoms. The van der Waals surface area contributed by atoms with Crippen molar-refractivity contribution in [3.63, 3.8) is 0 Å². The van der Waals surface area contributed by atoms with Gasteiger partial charge in [-0.2, -0.15) is 0 Å². The van der Waals surface area contributed by atoms with E-state index in [0.717, 1.165) is 0 Å². The van der Waals surface area contributed by atoms with Crippen LogP contribution in [0.15, 0.2) is 42.7 Å². The van der Waals surface area contributed by atoms with Gasteiger partial charge in [0, 0.05) is 18.0 Å². The number of aromatic nitrogens is 1. The van der Waals surface area contributed by atoms with Crippen molar-refractivity contribution in [1.29, 1.82) is 0 Å². The van der Waals surface area contributed by atoms with Crippen LogP contribution in [-0.4, -0.2) is 21.7 Å². The molecule has 0 radical (unpaired) electrons. The number of nitrogens with zero attached hydrogens (tertiary/aromatic N) is 1. The standard InChI is InChI=1S/C14H10ClNO3/c15-11-3-1-2-10(14(11)19)13(18)8-12(17)9-4-6-16-7-5-9/h1-7,19H,8H2. The molecule has 0 saturated carbocycles. The normalized spacial score (nSPS) is 10.2. The maximum atomic E-state index is 11.9. The Labute approximate surface area is 114 Å². The van der Waals surface area contributed by atoms with E-state index in [1.807, 2.05) is 0 Å². The Balaban J connectivity index is 2.18. The maximum absolute atomic E-state index is 11.9. The van der Waals surface area contributed by atoms with Crippen LogP contribution >= 0.6 is 11.6 Å². The molecule has 96 valence electrons. The van der Waals surface area contributed by atoms with Crippen molar-refractivity contribution in [3.05, 3.63) is 58.9 Å². The van der Waals surface area contributed by atoms with Gasteiger partial charge in [-0.15, -0.1) is 0 Å². The number of ketones is 2. The first-order valence-electron chi connectivity index (χ1n) is 5.53. The summed E-state index contributed by atoms with van der Waals surface area (Å²) in [5.41, 5.74) is 0.458. The first-order chi connectivity index (χ1) is 9.09. The average molecular weight is 276 g/mol. The zero-order chi connectivity index (χ0) is 13.8. The van der Waals surface area contributed by atoms with Crippen LogP contribution in [0.25, 0.3) is 0 Å². The van der Waals surface area contributed by atoms with Gasteiger partial charge < -0.3 is 5.11 Å². The lowest BCUT2D eigenvalue weighted by Gasteiger charge is -2.04. The molecule has 0 atom stereocenters. The molecule has 4 nitrogen and oxygen atoms in total. The first-order valence-corrected chi connectivity index (χ1v) is 5.91. The number of benzene rings is 1. The third-order valence-corrected chi connectivity index (χ3v) is 2.92. The Morgan fingerprint density at radius 2 is 1.79 bits per heavy atom. The summed E-state index contributed by atoms with van der Waals surface area (Å²) in [4.78, 5) is 27.6. The van der Waals surface area contributed by atoms with Crippen LogP contribution in [0.4, 0.5) is 0 Å². The van der Waals surface area contributed by atoms with Gasteiger partial charge in [-0.3, -0.25) is 14.6 Å². The third kappa shape index (κ3) is 2.98. The molecule has 0 aliphatic carbocycles. The molecule has 1 aromatic carbocycles. The van der Waals surface area contributed by atoms with E-state index in [1.54, 1.807) is 6.07 Å². The third-order valence-electron chi connectivity index (χ3n) is 2.61. The Kier molecular flexibility index (Phi) is 3.92. The fourth-order valence-electron chi connectivity index (χ4n) is 1.62. The van der Waals surface area contributed by atoms with Gasteiger partial charge in [0.25, 0.3) is 0 Å². The molecule has 2 aromatic rings. The van der Waals surface area contributed by atoms with E-state index in [-0.39, 0.29) is 28.5 Å². The number of Topliss-reactive ketones (excluding diaryl/α,β-unsaturated/α-hetero) is 2. The Morgan fingerprint density at radius 3 is 2.47 bits per heavy atom. The SMILES string of the molecule is O=C(CC(=O)c1cccc(Cl)c1O)c1ccncc1. The van der Waals surface area contributed by atoms with Gasteiger partial charge in [-0.05, 0) is 24.3 Å². The average Bonchev–Trinajstić information content (AvgIpc) is 2.42. The quantitative estimate of drug-likeness (QED) is 0.688. The fraction of sp³-hybridized carbons (Fsp3) is 0.0714. The highest BCUT2D eigenvalue weighted by Crippen LogP contribution is 2.28. The minimum atomic E-state index is -0.471. The number of halogens is 1. The lowest BCUT2D eigenvalue weighted by molar-refractivity contribution is 0.0893. The lowest BCUT2D eigenvalue weighted by atomic mass is 10.0. The molecule has 0 aliphatic heterocycles. The van der Waals surface area contributed by atoms with E-state index in [1.165, 1.54) is 36.7 Å². The van der Waals surface area contributed by atoms with Crippen molar-refractivity contribution >= 4 is 23.2 Å². The summed E-state index contributed by atoms with van der Waals surface area (Å²) in [5.74, 6) is -1.09. The van der Waals surface area contributed by atoms with Crippen molar-refractivity contribution in [1.82, 2.24) is 4.98 Å². The van der Waals surface area contributed by atoms with E-state index in [2.05, 4.69) is 4.98 Å². The number of phenolic OH excluding ortho intramolecular Hbond substituents is 1. The van der Waals surface area contributed by atoms with Crippen molar-refractivity contribution < 1.29 is 14.7 Å². The number of rotatable bonds is 4. The second kappa shape index (κ2) is 5.63. The molecule has 0 fully saturated rings. The molecule has 1 aromatic heterocycles. The summed E-state index contributed by atoms with van der Waals surface area (Å²) in [5, 5.41) is 9.76. The molecule has 0 amide bonds. The number of pyridine rings is 1. The number of carbonyl (C=O) groups excluding carboxylic acids is 2. The molecule has 0 unspecified atom stereocenters. The molecule has 2 rings (SSSR count). The second-order valence-electron chi connectivity index (χ2n) is 3.90. The molecule has 0 saturated heterocycles. The van der Waals surface area contributed by atoms with Gasteiger partial charge in [-0.1, -0.05) is 17.7 Å². The van der Waals surface area contributed by atoms with Crippen LogP contribution in [0.3, 0.4) is 0 Å². The second-order valence-corrected chi connectivity index (χ2v) is 4.30. The molecular weight excluding hydrogens is 266 g/mol. The van der Waals surface area contributed by atoms with Crippen molar-refractivity contribution in [3.8, 4) is 5.75 Å². The summed E-state index contributed by atoms with van der Waals surface area (Å²) in [6.45, 7) is 0. The molecule has 1 N–H and O–H groups in total. The van der Waals surface area contributed by atoms with Crippen LogP contribution in [-0.2, 0) is 0 Å². The van der Waals surface area contributed by atoms with Gasteiger partial charge in [0.05, 0.1) is 17.0 Å². The van der Waals surface area contributed by atoms with Crippen LogP contribution in [0, 0.1) is 0 Å². The van der Waals surface area contributed by atoms with Gasteiger partial charge in [-0.25, -0.2) is 0 Å². The van der Waals surface area contributed by atoms with E-state index >= 15 is 0 Å². The summed E-state index contributed by atoms with van der Waals surface area (Å²) in [6, 6.07) is 7.52. The highest BCUT2D eigenvalue weighted by Gasteiger charge is 2.17. The minimum absolute atomic E-state index is 0.0508. The number of carbonyl (C=O) groups is 2. The van der Waals surface area contributed by atoms with Crippen molar-refractivity contribution in [2.24, 2.45) is 0 Å². The zero-order valence-electron chi connectivity index (χ0n) is 9.84. The molecule has 0 aliphatic rings. The monoisotopic (exact) mass is 275 g/mol. The maximum Gasteiger partial charge on any atom is 0.174 e. The van der Waals surface area contributed by atoms with Crippen LogP contribution in [0.2, 0.25) is 5.02 Å². The van der Waals surface area contributed by atoms with Gasteiger partial charge in [0.2, 0.25) is 0 Å². The van der Waals surface area contributed by atoms with Gasteiger partial charge in [0.1, 0.15) is 5.75 Å². The number of hydrogen-bond acceptors (Lipinski definition) is 4. The van der Waals surface area contributed by atoms with E-state index in [4.69, 9.17) is 11.6 Å². The lowest BCUT2D eigenvalue weighted by Crippen LogP contribution is -2.09. The summed E-state index contributed by atoms with van der Waals surface area (Å²) >= 11 is 5.72. The first kappa shape index (κ1) is 13.2. The van der Waals surface area contributed by atoms with Gasteiger partial charge >= 0.3 is 0 Å². The predicted octanol–water partition coefficient (Wildman–Crippen LogP) is 2.90. The Bertz CT molecular complexity index is 626. The molecule has 1 heterocycles. The smallest absolute Gasteiger partial charge is 0.174 e. The van der Waals surface area contributed by atoms with E-state index in [0.29, 0.717) is 5.56 Å². The molecule has 5 heteroatoms. The minimum Gasteiger partial charge on any atom is -0.506 e. The Hall–Kier alpha value is -2.20. The van der Waals surface area contributed by atoms with Crippen LogP contribution in [0.1, 0.15) is 27.1 Å². The van der Waals surface area contributed by atoms with Crippen molar-refractivity contribution in [2.45, 2.75) is 6.42 Å². The highest BCUT2D eigenvalue weighted by atomic mass is 35.5. The summed E-state index contributed by atoms with van der Waals surface area (Å²) < 4.78 is 0. The molecule has 0 bridgehead atoms. The summed E-state index contributed by atoms with van der Waals surface area (Å²) in [6.07, 6.45) is 2.64. The predicted molar refractivity (Wildman–Crippen MR) is 70.6 cm³/mol. The Morgan fingerprint density at radius 1 is 1.11 bits per heavy atom. The van der Waals surface area contributed by atoms with Crippen LogP contribution in [0.5, 0.6) is 5.75 Å². The molecule has 19 heavy (non-hydrogen) atoms. The number of hydrogen-bond donors (Lipinski definition) is 1. The topological polar surface area (TPSA) is 67.3 Å². The van der Waals surface area contributed by atoms with Crippen molar-refractivity contribution in [2.75, 3.05) is 0 Å². The largest absolute Gasteiger partial charge is 0.506 e. The fourth-order valence-corrected chi connectivity index (χ4v) is 1.80. The zero-order valence-corrected chi connectivity index (χ0v) is 10.6. The highest BCUT2D eigenvalue weighted by molar-refractivity contribution is 6.32. The van der Waals surface area contributed by atoms with Gasteiger partial charge in [0.15, 0.2) is 11.6 Å². The molecular formula is C14H10ClNO3. The van der Waals surface area contributed by atoms with E-state index < -0.39 is 5.78 Å². The summed E-state index contributed by atoms with van der Waals surface area (Å²) in [7, 11) is 0.